The van der Waals surface area contributed by atoms with E-state index in [-0.39, 0.29) is 23.3 Å². The zero-order valence-electron chi connectivity index (χ0n) is 10.7. The van der Waals surface area contributed by atoms with Gasteiger partial charge >= 0.3 is 5.97 Å². The minimum absolute atomic E-state index is 0.0992. The van der Waals surface area contributed by atoms with Crippen molar-refractivity contribution in [3.63, 3.8) is 0 Å². The highest BCUT2D eigenvalue weighted by Gasteiger charge is 2.34. The van der Waals surface area contributed by atoms with Gasteiger partial charge in [0.05, 0.1) is 25.7 Å². The van der Waals surface area contributed by atoms with Crippen molar-refractivity contribution in [3.05, 3.63) is 0 Å². The van der Waals surface area contributed by atoms with Gasteiger partial charge in [0.25, 0.3) is 0 Å². The Hall–Kier alpha value is -0.610. The quantitative estimate of drug-likeness (QED) is 0.736. The van der Waals surface area contributed by atoms with E-state index in [1.54, 1.807) is 0 Å². The Kier molecular flexibility index (Phi) is 4.74. The molecule has 2 unspecified atom stereocenters. The van der Waals surface area contributed by atoms with Crippen LogP contribution in [0.15, 0.2) is 0 Å². The predicted octanol–water partition coefficient (Wildman–Crippen LogP) is 1.20. The third-order valence-corrected chi connectivity index (χ3v) is 2.85. The van der Waals surface area contributed by atoms with Crippen LogP contribution in [0.4, 0.5) is 0 Å². The van der Waals surface area contributed by atoms with Gasteiger partial charge in [0.2, 0.25) is 0 Å². The van der Waals surface area contributed by atoms with E-state index in [9.17, 15) is 4.79 Å². The number of rotatable bonds is 4. The van der Waals surface area contributed by atoms with Crippen LogP contribution in [0.2, 0.25) is 0 Å². The van der Waals surface area contributed by atoms with Crippen molar-refractivity contribution in [2.24, 2.45) is 11.3 Å². The minimum Gasteiger partial charge on any atom is -0.465 e. The van der Waals surface area contributed by atoms with Crippen molar-refractivity contribution in [1.29, 1.82) is 0 Å². The smallest absolute Gasteiger partial charge is 0.312 e. The minimum atomic E-state index is -0.148. The number of hydrogen-bond donors (Lipinski definition) is 1. The van der Waals surface area contributed by atoms with Crippen LogP contribution in [-0.2, 0) is 14.3 Å². The molecular weight excluding hydrogens is 206 g/mol. The van der Waals surface area contributed by atoms with Crippen LogP contribution in [0.25, 0.3) is 0 Å². The molecular formula is C12H23NO3. The van der Waals surface area contributed by atoms with E-state index in [4.69, 9.17) is 9.47 Å². The number of nitrogens with one attached hydrogen (secondary N) is 1. The van der Waals surface area contributed by atoms with Crippen LogP contribution in [0, 0.1) is 11.3 Å². The van der Waals surface area contributed by atoms with Gasteiger partial charge < -0.3 is 14.8 Å². The van der Waals surface area contributed by atoms with Crippen LogP contribution >= 0.6 is 0 Å². The van der Waals surface area contributed by atoms with Gasteiger partial charge in [-0.1, -0.05) is 20.8 Å². The highest BCUT2D eigenvalue weighted by Crippen LogP contribution is 2.19. The lowest BCUT2D eigenvalue weighted by Crippen LogP contribution is -2.38. The van der Waals surface area contributed by atoms with E-state index in [0.717, 1.165) is 6.42 Å². The molecule has 94 valence electrons. The maximum Gasteiger partial charge on any atom is 0.312 e. The molecule has 1 N–H and O–H groups in total. The molecule has 4 nitrogen and oxygen atoms in total. The molecule has 16 heavy (non-hydrogen) atoms. The molecule has 0 aromatic heterocycles. The Morgan fingerprint density at radius 2 is 2.12 bits per heavy atom. The molecule has 0 spiro atoms. The third-order valence-electron chi connectivity index (χ3n) is 2.85. The van der Waals surface area contributed by atoms with E-state index < -0.39 is 0 Å². The molecule has 0 aromatic rings. The number of carbonyl (C=O) groups excluding carboxylic acids is 1. The molecule has 1 saturated heterocycles. The van der Waals surface area contributed by atoms with Crippen LogP contribution in [0.3, 0.4) is 0 Å². The van der Waals surface area contributed by atoms with Gasteiger partial charge in [0.1, 0.15) is 0 Å². The van der Waals surface area contributed by atoms with Crippen LogP contribution in [0.1, 0.15) is 27.2 Å². The van der Waals surface area contributed by atoms with Crippen molar-refractivity contribution < 1.29 is 14.3 Å². The van der Waals surface area contributed by atoms with Gasteiger partial charge in [-0.05, 0) is 18.9 Å². The summed E-state index contributed by atoms with van der Waals surface area (Å²) in [5.74, 6) is -0.286. The summed E-state index contributed by atoms with van der Waals surface area (Å²) < 4.78 is 10.5. The summed E-state index contributed by atoms with van der Waals surface area (Å²) in [6.45, 7) is 7.96. The number of esters is 1. The molecule has 0 aromatic carbocycles. The summed E-state index contributed by atoms with van der Waals surface area (Å²) >= 11 is 0. The number of likely N-dealkylation sites (N-methyl/N-ethyl adjacent to an activating group) is 1. The second-order valence-electron chi connectivity index (χ2n) is 5.52. The predicted molar refractivity (Wildman–Crippen MR) is 62.2 cm³/mol. The number of ether oxygens (including phenoxy) is 2. The fraction of sp³-hybridized carbons (Fsp3) is 0.917. The summed E-state index contributed by atoms with van der Waals surface area (Å²) in [5, 5.41) is 3.08. The molecule has 0 amide bonds. The molecule has 0 aliphatic carbocycles. The van der Waals surface area contributed by atoms with E-state index in [1.165, 1.54) is 0 Å². The van der Waals surface area contributed by atoms with Gasteiger partial charge in [-0.15, -0.1) is 0 Å². The Morgan fingerprint density at radius 3 is 2.69 bits per heavy atom. The summed E-state index contributed by atoms with van der Waals surface area (Å²) in [6, 6.07) is 0.0992. The topological polar surface area (TPSA) is 47.6 Å². The molecule has 1 rings (SSSR count). The largest absolute Gasteiger partial charge is 0.465 e. The highest BCUT2D eigenvalue weighted by atomic mass is 16.5. The van der Waals surface area contributed by atoms with E-state index in [0.29, 0.717) is 19.8 Å². The first-order valence-corrected chi connectivity index (χ1v) is 5.86. The fourth-order valence-corrected chi connectivity index (χ4v) is 1.64. The Balaban J connectivity index is 2.29. The first-order valence-electron chi connectivity index (χ1n) is 5.86. The van der Waals surface area contributed by atoms with E-state index in [1.807, 2.05) is 7.05 Å². The van der Waals surface area contributed by atoms with Crippen LogP contribution < -0.4 is 5.32 Å². The molecule has 4 heteroatoms. The van der Waals surface area contributed by atoms with Crippen molar-refractivity contribution in [1.82, 2.24) is 5.32 Å². The summed E-state index contributed by atoms with van der Waals surface area (Å²) in [4.78, 5) is 11.8. The second kappa shape index (κ2) is 5.64. The molecule has 2 atom stereocenters. The Labute approximate surface area is 97.7 Å². The normalized spacial score (nSPS) is 25.8. The first kappa shape index (κ1) is 13.5. The Bertz CT molecular complexity index is 235. The lowest BCUT2D eigenvalue weighted by atomic mass is 9.93. The van der Waals surface area contributed by atoms with Crippen molar-refractivity contribution in [2.45, 2.75) is 33.2 Å². The average Bonchev–Trinajstić information content (AvgIpc) is 2.63. The monoisotopic (exact) mass is 229 g/mol. The van der Waals surface area contributed by atoms with Gasteiger partial charge in [-0.3, -0.25) is 4.79 Å². The van der Waals surface area contributed by atoms with E-state index in [2.05, 4.69) is 26.1 Å². The number of carbonyl (C=O) groups is 1. The van der Waals surface area contributed by atoms with Crippen molar-refractivity contribution >= 4 is 5.97 Å². The average molecular weight is 229 g/mol. The standard InChI is InChI=1S/C12H23NO3/c1-12(2,3)5-6-16-11(14)9-7-15-8-10(9)13-4/h9-10,13H,5-8H2,1-4H3. The zero-order valence-corrected chi connectivity index (χ0v) is 10.7. The van der Waals surface area contributed by atoms with Gasteiger partial charge in [-0.25, -0.2) is 0 Å². The highest BCUT2D eigenvalue weighted by molar-refractivity contribution is 5.73. The molecule has 1 aliphatic rings. The summed E-state index contributed by atoms with van der Waals surface area (Å²) in [5.41, 5.74) is 0.203. The molecule has 1 aliphatic heterocycles. The van der Waals surface area contributed by atoms with Gasteiger partial charge in [0.15, 0.2) is 0 Å². The maximum atomic E-state index is 11.8. The van der Waals surface area contributed by atoms with Crippen LogP contribution in [-0.4, -0.2) is 38.9 Å². The SMILES string of the molecule is CNC1COCC1C(=O)OCCC(C)(C)C. The lowest BCUT2D eigenvalue weighted by Gasteiger charge is -2.19. The second-order valence-corrected chi connectivity index (χ2v) is 5.52. The van der Waals surface area contributed by atoms with Crippen molar-refractivity contribution in [2.75, 3.05) is 26.9 Å². The number of hydrogen-bond acceptors (Lipinski definition) is 4. The van der Waals surface area contributed by atoms with Gasteiger partial charge in [-0.2, -0.15) is 0 Å². The molecule has 0 saturated carbocycles. The molecule has 0 bridgehead atoms. The Morgan fingerprint density at radius 1 is 1.44 bits per heavy atom. The lowest BCUT2D eigenvalue weighted by molar-refractivity contribution is -0.149. The van der Waals surface area contributed by atoms with Crippen molar-refractivity contribution in [3.8, 4) is 0 Å². The van der Waals surface area contributed by atoms with E-state index >= 15 is 0 Å². The summed E-state index contributed by atoms with van der Waals surface area (Å²) in [7, 11) is 1.84. The first-order chi connectivity index (χ1) is 7.44. The molecule has 0 radical (unpaired) electrons. The van der Waals surface area contributed by atoms with Gasteiger partial charge in [0, 0.05) is 6.04 Å². The maximum absolute atomic E-state index is 11.8. The van der Waals surface area contributed by atoms with Crippen LogP contribution in [0.5, 0.6) is 0 Å². The zero-order chi connectivity index (χ0) is 12.2. The molecule has 1 fully saturated rings. The third kappa shape index (κ3) is 4.10. The fourth-order valence-electron chi connectivity index (χ4n) is 1.64. The summed E-state index contributed by atoms with van der Waals surface area (Å²) in [6.07, 6.45) is 0.885. The molecule has 1 heterocycles.